The second kappa shape index (κ2) is 5.26. The first-order chi connectivity index (χ1) is 8.66. The Balaban J connectivity index is 1.86. The van der Waals surface area contributed by atoms with Crippen molar-refractivity contribution in [2.75, 3.05) is 12.3 Å². The highest BCUT2D eigenvalue weighted by Crippen LogP contribution is 2.06. The van der Waals surface area contributed by atoms with Gasteiger partial charge in [-0.1, -0.05) is 18.2 Å². The van der Waals surface area contributed by atoms with E-state index in [0.29, 0.717) is 18.5 Å². The summed E-state index contributed by atoms with van der Waals surface area (Å²) >= 11 is 0. The molecule has 0 saturated carbocycles. The molecular formula is C11H12FN5O. The molecule has 1 amide bonds. The number of nitrogens with one attached hydrogen (secondary N) is 2. The smallest absolute Gasteiger partial charge is 0.288 e. The molecule has 4 N–H and O–H groups in total. The Morgan fingerprint density at radius 2 is 2.22 bits per heavy atom. The van der Waals surface area contributed by atoms with E-state index in [-0.39, 0.29) is 17.6 Å². The zero-order valence-corrected chi connectivity index (χ0v) is 9.48. The Bertz CT molecular complexity index is 554. The van der Waals surface area contributed by atoms with Crippen molar-refractivity contribution in [3.63, 3.8) is 0 Å². The summed E-state index contributed by atoms with van der Waals surface area (Å²) in [5, 5.41) is 8.52. The first kappa shape index (κ1) is 12.0. The molecule has 1 aromatic heterocycles. The van der Waals surface area contributed by atoms with E-state index in [2.05, 4.69) is 20.5 Å². The van der Waals surface area contributed by atoms with Gasteiger partial charge in [-0.25, -0.2) is 4.39 Å². The lowest BCUT2D eigenvalue weighted by Gasteiger charge is -2.04. The number of nitrogen functional groups attached to an aromatic ring is 1. The number of aromatic nitrogens is 3. The second-order valence-corrected chi connectivity index (χ2v) is 3.64. The van der Waals surface area contributed by atoms with Crippen LogP contribution in [0.4, 0.5) is 10.3 Å². The van der Waals surface area contributed by atoms with Gasteiger partial charge >= 0.3 is 0 Å². The second-order valence-electron chi connectivity index (χ2n) is 3.64. The fourth-order valence-corrected chi connectivity index (χ4v) is 1.47. The van der Waals surface area contributed by atoms with Crippen molar-refractivity contribution in [3.05, 3.63) is 41.5 Å². The standard InChI is InChI=1S/C11H12FN5O/c12-8-4-2-1-3-7(8)5-6-14-10(18)9-15-11(13)17-16-9/h1-4H,5-6H2,(H,14,18)(H3,13,15,16,17). The average molecular weight is 249 g/mol. The average Bonchev–Trinajstić information content (AvgIpc) is 2.78. The predicted molar refractivity (Wildman–Crippen MR) is 63.2 cm³/mol. The third-order valence-corrected chi connectivity index (χ3v) is 2.36. The maximum absolute atomic E-state index is 13.3. The number of H-pyrrole nitrogens is 1. The van der Waals surface area contributed by atoms with Crippen LogP contribution in [0.3, 0.4) is 0 Å². The molecule has 18 heavy (non-hydrogen) atoms. The quantitative estimate of drug-likeness (QED) is 0.735. The van der Waals surface area contributed by atoms with Crippen molar-refractivity contribution in [1.29, 1.82) is 0 Å². The lowest BCUT2D eigenvalue weighted by molar-refractivity contribution is 0.0944. The van der Waals surface area contributed by atoms with Crippen molar-refractivity contribution >= 4 is 11.9 Å². The maximum atomic E-state index is 13.3. The molecule has 6 nitrogen and oxygen atoms in total. The number of amides is 1. The molecule has 7 heteroatoms. The van der Waals surface area contributed by atoms with Crippen molar-refractivity contribution in [3.8, 4) is 0 Å². The molecule has 1 aromatic carbocycles. The van der Waals surface area contributed by atoms with E-state index < -0.39 is 5.91 Å². The van der Waals surface area contributed by atoms with Crippen molar-refractivity contribution < 1.29 is 9.18 Å². The minimum absolute atomic E-state index is 0.00857. The van der Waals surface area contributed by atoms with Gasteiger partial charge in [0.15, 0.2) is 0 Å². The maximum Gasteiger partial charge on any atom is 0.288 e. The van der Waals surface area contributed by atoms with E-state index >= 15 is 0 Å². The SMILES string of the molecule is Nc1n[nH]c(C(=O)NCCc2ccccc2F)n1. The molecule has 0 bridgehead atoms. The number of halogens is 1. The summed E-state index contributed by atoms with van der Waals surface area (Å²) in [6, 6.07) is 6.42. The highest BCUT2D eigenvalue weighted by atomic mass is 19.1. The van der Waals surface area contributed by atoms with Crippen molar-refractivity contribution in [2.24, 2.45) is 0 Å². The van der Waals surface area contributed by atoms with Crippen LogP contribution in [0, 0.1) is 5.82 Å². The summed E-state index contributed by atoms with van der Waals surface area (Å²) in [7, 11) is 0. The Hall–Kier alpha value is -2.44. The molecule has 0 atom stereocenters. The van der Waals surface area contributed by atoms with E-state index in [9.17, 15) is 9.18 Å². The van der Waals surface area contributed by atoms with Gasteiger partial charge in [-0.05, 0) is 18.1 Å². The number of rotatable bonds is 4. The zero-order chi connectivity index (χ0) is 13.0. The first-order valence-electron chi connectivity index (χ1n) is 5.36. The summed E-state index contributed by atoms with van der Waals surface area (Å²) in [6.45, 7) is 0.306. The van der Waals surface area contributed by atoms with Crippen LogP contribution in [0.1, 0.15) is 16.2 Å². The molecular weight excluding hydrogens is 237 g/mol. The lowest BCUT2D eigenvalue weighted by atomic mass is 10.1. The number of benzene rings is 1. The summed E-state index contributed by atoms with van der Waals surface area (Å²) < 4.78 is 13.3. The molecule has 1 heterocycles. The van der Waals surface area contributed by atoms with Crippen LogP contribution in [-0.2, 0) is 6.42 Å². The number of carbonyl (C=O) groups excluding carboxylic acids is 1. The minimum atomic E-state index is -0.421. The predicted octanol–water partition coefficient (Wildman–Crippen LogP) is 0.498. The van der Waals surface area contributed by atoms with Gasteiger partial charge in [-0.3, -0.25) is 9.89 Å². The monoisotopic (exact) mass is 249 g/mol. The number of nitrogens with two attached hydrogens (primary N) is 1. The normalized spacial score (nSPS) is 10.3. The summed E-state index contributed by atoms with van der Waals surface area (Å²) in [5.74, 6) is -0.651. The molecule has 0 radical (unpaired) electrons. The number of nitrogens with zero attached hydrogens (tertiary/aromatic N) is 2. The molecule has 0 spiro atoms. The molecule has 0 aliphatic carbocycles. The molecule has 0 saturated heterocycles. The van der Waals surface area contributed by atoms with Crippen LogP contribution in [0.5, 0.6) is 0 Å². The zero-order valence-electron chi connectivity index (χ0n) is 9.48. The minimum Gasteiger partial charge on any atom is -0.366 e. The van der Waals surface area contributed by atoms with E-state index in [1.54, 1.807) is 18.2 Å². The fraction of sp³-hybridized carbons (Fsp3) is 0.182. The fourth-order valence-electron chi connectivity index (χ4n) is 1.47. The summed E-state index contributed by atoms with van der Waals surface area (Å²) in [6.07, 6.45) is 0.405. The van der Waals surface area contributed by atoms with Crippen LogP contribution < -0.4 is 11.1 Å². The van der Waals surface area contributed by atoms with Gasteiger partial charge in [0.1, 0.15) is 5.82 Å². The summed E-state index contributed by atoms with van der Waals surface area (Å²) in [4.78, 5) is 15.2. The van der Waals surface area contributed by atoms with Gasteiger partial charge in [0, 0.05) is 6.54 Å². The van der Waals surface area contributed by atoms with Crippen LogP contribution >= 0.6 is 0 Å². The molecule has 0 fully saturated rings. The Labute approximate surface area is 102 Å². The Morgan fingerprint density at radius 3 is 2.89 bits per heavy atom. The summed E-state index contributed by atoms with van der Waals surface area (Å²) in [5.41, 5.74) is 5.82. The molecule has 0 aliphatic heterocycles. The van der Waals surface area contributed by atoms with E-state index in [1.165, 1.54) is 6.07 Å². The van der Waals surface area contributed by atoms with Gasteiger partial charge in [0.2, 0.25) is 11.8 Å². The molecule has 0 aliphatic rings. The highest BCUT2D eigenvalue weighted by molar-refractivity contribution is 5.90. The number of aromatic amines is 1. The van der Waals surface area contributed by atoms with Crippen LogP contribution in [0.25, 0.3) is 0 Å². The Kier molecular flexibility index (Phi) is 3.52. The van der Waals surface area contributed by atoms with Gasteiger partial charge < -0.3 is 11.1 Å². The number of hydrogen-bond acceptors (Lipinski definition) is 4. The topological polar surface area (TPSA) is 96.7 Å². The molecule has 0 unspecified atom stereocenters. The van der Waals surface area contributed by atoms with Crippen molar-refractivity contribution in [1.82, 2.24) is 20.5 Å². The first-order valence-corrected chi connectivity index (χ1v) is 5.36. The van der Waals surface area contributed by atoms with Crippen LogP contribution in [-0.4, -0.2) is 27.6 Å². The molecule has 2 aromatic rings. The van der Waals surface area contributed by atoms with E-state index in [0.717, 1.165) is 0 Å². The highest BCUT2D eigenvalue weighted by Gasteiger charge is 2.10. The lowest BCUT2D eigenvalue weighted by Crippen LogP contribution is -2.27. The molecule has 94 valence electrons. The number of carbonyl (C=O) groups is 1. The number of anilines is 1. The van der Waals surface area contributed by atoms with Gasteiger partial charge in [0.25, 0.3) is 5.91 Å². The van der Waals surface area contributed by atoms with Crippen LogP contribution in [0.15, 0.2) is 24.3 Å². The third kappa shape index (κ3) is 2.82. The van der Waals surface area contributed by atoms with Gasteiger partial charge in [-0.2, -0.15) is 4.98 Å². The van der Waals surface area contributed by atoms with E-state index in [1.807, 2.05) is 0 Å². The van der Waals surface area contributed by atoms with Crippen molar-refractivity contribution in [2.45, 2.75) is 6.42 Å². The number of hydrogen-bond donors (Lipinski definition) is 3. The van der Waals surface area contributed by atoms with Gasteiger partial charge in [0.05, 0.1) is 0 Å². The van der Waals surface area contributed by atoms with Gasteiger partial charge in [-0.15, -0.1) is 5.10 Å². The largest absolute Gasteiger partial charge is 0.366 e. The Morgan fingerprint density at radius 1 is 1.44 bits per heavy atom. The third-order valence-electron chi connectivity index (χ3n) is 2.36. The van der Waals surface area contributed by atoms with E-state index in [4.69, 9.17) is 5.73 Å². The molecule has 2 rings (SSSR count). The van der Waals surface area contributed by atoms with Crippen LogP contribution in [0.2, 0.25) is 0 Å².